The number of anilines is 2. The predicted octanol–water partition coefficient (Wildman–Crippen LogP) is 4.20. The molecule has 1 aromatic carbocycles. The minimum absolute atomic E-state index is 0.0668. The molecule has 0 fully saturated rings. The number of hydrogen-bond donors (Lipinski definition) is 0. The zero-order valence-corrected chi connectivity index (χ0v) is 11.1. The number of rotatable bonds is 2. The molecule has 6 heteroatoms. The van der Waals surface area contributed by atoms with E-state index in [0.29, 0.717) is 5.82 Å². The van der Waals surface area contributed by atoms with Gasteiger partial charge in [-0.3, -0.25) is 0 Å². The topological polar surface area (TPSA) is 29.0 Å². The van der Waals surface area contributed by atoms with Gasteiger partial charge in [0.15, 0.2) is 11.0 Å². The normalized spacial score (nSPS) is 10.4. The van der Waals surface area contributed by atoms with Gasteiger partial charge >= 0.3 is 0 Å². The average molecular weight is 289 g/mol. The van der Waals surface area contributed by atoms with Gasteiger partial charge in [-0.15, -0.1) is 0 Å². The number of aromatic nitrogens is 2. The Labute approximate surface area is 114 Å². The number of para-hydroxylation sites is 1. The SMILES string of the molecule is CN(c1ccccc1)c1nc(Cl)nc(Cl)c1Cl. The highest BCUT2D eigenvalue weighted by atomic mass is 35.5. The Balaban J connectivity index is 2.48. The summed E-state index contributed by atoms with van der Waals surface area (Å²) >= 11 is 17.7. The first kappa shape index (κ1) is 12.4. The maximum Gasteiger partial charge on any atom is 0.225 e. The third-order valence-electron chi connectivity index (χ3n) is 2.23. The molecular weight excluding hydrogens is 281 g/mol. The van der Waals surface area contributed by atoms with Gasteiger partial charge in [-0.2, -0.15) is 4.98 Å². The smallest absolute Gasteiger partial charge is 0.225 e. The fraction of sp³-hybridized carbons (Fsp3) is 0.0909. The molecule has 0 spiro atoms. The van der Waals surface area contributed by atoms with Crippen molar-refractivity contribution in [2.75, 3.05) is 11.9 Å². The first-order valence-corrected chi connectivity index (χ1v) is 5.90. The van der Waals surface area contributed by atoms with E-state index in [0.717, 1.165) is 5.69 Å². The second-order valence-corrected chi connectivity index (χ2v) is 4.39. The van der Waals surface area contributed by atoms with Crippen molar-refractivity contribution < 1.29 is 0 Å². The van der Waals surface area contributed by atoms with Crippen LogP contribution in [0.1, 0.15) is 0 Å². The van der Waals surface area contributed by atoms with Crippen molar-refractivity contribution in [3.63, 3.8) is 0 Å². The summed E-state index contributed by atoms with van der Waals surface area (Å²) in [5.74, 6) is 0.475. The van der Waals surface area contributed by atoms with E-state index in [2.05, 4.69) is 9.97 Å². The van der Waals surface area contributed by atoms with E-state index in [1.54, 1.807) is 4.90 Å². The third kappa shape index (κ3) is 2.63. The zero-order chi connectivity index (χ0) is 12.4. The highest BCUT2D eigenvalue weighted by molar-refractivity contribution is 6.43. The molecule has 0 aliphatic carbocycles. The molecular formula is C11H8Cl3N3. The fourth-order valence-electron chi connectivity index (χ4n) is 1.38. The molecule has 1 heterocycles. The number of halogens is 3. The summed E-state index contributed by atoms with van der Waals surface area (Å²) in [7, 11) is 1.83. The highest BCUT2D eigenvalue weighted by Gasteiger charge is 2.15. The van der Waals surface area contributed by atoms with E-state index >= 15 is 0 Å². The Morgan fingerprint density at radius 3 is 2.29 bits per heavy atom. The molecule has 0 saturated heterocycles. The van der Waals surface area contributed by atoms with Crippen molar-refractivity contribution in [3.8, 4) is 0 Å². The Morgan fingerprint density at radius 1 is 1.00 bits per heavy atom. The molecule has 0 N–H and O–H groups in total. The van der Waals surface area contributed by atoms with Crippen LogP contribution < -0.4 is 4.90 Å². The van der Waals surface area contributed by atoms with Crippen LogP contribution in [0.25, 0.3) is 0 Å². The van der Waals surface area contributed by atoms with E-state index < -0.39 is 0 Å². The van der Waals surface area contributed by atoms with Crippen molar-refractivity contribution in [1.29, 1.82) is 0 Å². The van der Waals surface area contributed by atoms with Crippen LogP contribution in [0, 0.1) is 0 Å². The van der Waals surface area contributed by atoms with Crippen LogP contribution in [0.15, 0.2) is 30.3 Å². The lowest BCUT2D eigenvalue weighted by Gasteiger charge is -2.19. The largest absolute Gasteiger partial charge is 0.328 e. The summed E-state index contributed by atoms with van der Waals surface area (Å²) in [5.41, 5.74) is 0.931. The molecule has 3 nitrogen and oxygen atoms in total. The number of benzene rings is 1. The van der Waals surface area contributed by atoms with Gasteiger partial charge in [0.2, 0.25) is 5.28 Å². The van der Waals surface area contributed by atoms with Gasteiger partial charge in [0, 0.05) is 12.7 Å². The lowest BCUT2D eigenvalue weighted by molar-refractivity contribution is 1.08. The lowest BCUT2D eigenvalue weighted by atomic mass is 10.3. The molecule has 0 radical (unpaired) electrons. The Morgan fingerprint density at radius 2 is 1.65 bits per heavy atom. The summed E-state index contributed by atoms with van der Waals surface area (Å²) in [5, 5.41) is 0.490. The first-order chi connectivity index (χ1) is 8.09. The molecule has 0 unspecified atom stereocenters. The van der Waals surface area contributed by atoms with Crippen LogP contribution in [-0.4, -0.2) is 17.0 Å². The Kier molecular flexibility index (Phi) is 3.72. The summed E-state index contributed by atoms with van der Waals surface area (Å²) in [6.45, 7) is 0. The van der Waals surface area contributed by atoms with Crippen LogP contribution >= 0.6 is 34.8 Å². The molecule has 0 atom stereocenters. The molecule has 0 bridgehead atoms. The Bertz CT molecular complexity index is 531. The van der Waals surface area contributed by atoms with Crippen LogP contribution in [0.4, 0.5) is 11.5 Å². The first-order valence-electron chi connectivity index (χ1n) is 4.77. The summed E-state index contributed by atoms with van der Waals surface area (Å²) in [4.78, 5) is 9.64. The molecule has 1 aromatic heterocycles. The van der Waals surface area contributed by atoms with E-state index in [1.165, 1.54) is 0 Å². The van der Waals surface area contributed by atoms with Crippen LogP contribution in [0.3, 0.4) is 0 Å². The van der Waals surface area contributed by atoms with Gasteiger partial charge in [0.05, 0.1) is 0 Å². The number of nitrogens with zero attached hydrogens (tertiary/aromatic N) is 3. The van der Waals surface area contributed by atoms with Gasteiger partial charge in [0.1, 0.15) is 5.02 Å². The molecule has 0 amide bonds. The van der Waals surface area contributed by atoms with Crippen molar-refractivity contribution in [1.82, 2.24) is 9.97 Å². The molecule has 0 aliphatic rings. The third-order valence-corrected chi connectivity index (χ3v) is 3.11. The molecule has 88 valence electrons. The van der Waals surface area contributed by atoms with E-state index in [-0.39, 0.29) is 15.5 Å². The van der Waals surface area contributed by atoms with Crippen LogP contribution in [-0.2, 0) is 0 Å². The van der Waals surface area contributed by atoms with Crippen molar-refractivity contribution in [3.05, 3.63) is 45.8 Å². The van der Waals surface area contributed by atoms with Crippen molar-refractivity contribution >= 4 is 46.3 Å². The summed E-state index contributed by atoms with van der Waals surface area (Å²) in [6, 6.07) is 9.63. The maximum absolute atomic E-state index is 6.05. The second kappa shape index (κ2) is 5.08. The quantitative estimate of drug-likeness (QED) is 0.612. The second-order valence-electron chi connectivity index (χ2n) is 3.32. The van der Waals surface area contributed by atoms with Gasteiger partial charge < -0.3 is 4.90 Å². The van der Waals surface area contributed by atoms with Gasteiger partial charge in [0.25, 0.3) is 0 Å². The van der Waals surface area contributed by atoms with Crippen molar-refractivity contribution in [2.45, 2.75) is 0 Å². The van der Waals surface area contributed by atoms with Gasteiger partial charge in [-0.1, -0.05) is 41.4 Å². The monoisotopic (exact) mass is 287 g/mol. The molecule has 2 aromatic rings. The molecule has 0 aliphatic heterocycles. The summed E-state index contributed by atoms with van der Waals surface area (Å²) in [6.07, 6.45) is 0. The number of hydrogen-bond acceptors (Lipinski definition) is 3. The zero-order valence-electron chi connectivity index (χ0n) is 8.86. The lowest BCUT2D eigenvalue weighted by Crippen LogP contribution is -2.12. The molecule has 17 heavy (non-hydrogen) atoms. The summed E-state index contributed by atoms with van der Waals surface area (Å²) < 4.78 is 0. The van der Waals surface area contributed by atoms with Crippen LogP contribution in [0.2, 0.25) is 15.5 Å². The predicted molar refractivity (Wildman–Crippen MR) is 71.6 cm³/mol. The van der Waals surface area contributed by atoms with Gasteiger partial charge in [-0.25, -0.2) is 4.98 Å². The van der Waals surface area contributed by atoms with E-state index in [4.69, 9.17) is 34.8 Å². The minimum atomic E-state index is 0.0668. The molecule has 2 rings (SSSR count). The maximum atomic E-state index is 6.05. The standard InChI is InChI=1S/C11H8Cl3N3/c1-17(7-5-3-2-4-6-7)10-8(12)9(13)15-11(14)16-10/h2-6H,1H3. The van der Waals surface area contributed by atoms with E-state index in [1.807, 2.05) is 37.4 Å². The molecule has 0 saturated carbocycles. The highest BCUT2D eigenvalue weighted by Crippen LogP contribution is 2.33. The average Bonchev–Trinajstić information content (AvgIpc) is 2.34. The van der Waals surface area contributed by atoms with Crippen LogP contribution in [0.5, 0.6) is 0 Å². The Hall–Kier alpha value is -1.03. The minimum Gasteiger partial charge on any atom is -0.328 e. The fourth-order valence-corrected chi connectivity index (χ4v) is 1.96. The van der Waals surface area contributed by atoms with Crippen molar-refractivity contribution in [2.24, 2.45) is 0 Å². The van der Waals surface area contributed by atoms with Gasteiger partial charge in [-0.05, 0) is 23.7 Å². The van der Waals surface area contributed by atoms with E-state index in [9.17, 15) is 0 Å².